The first-order valence-electron chi connectivity index (χ1n) is 9.86. The van der Waals surface area contributed by atoms with E-state index in [4.69, 9.17) is 18.9 Å². The lowest BCUT2D eigenvalue weighted by atomic mass is 10.0. The molecule has 0 spiro atoms. The number of carbonyl (C=O) groups excluding carboxylic acids is 2. The first-order chi connectivity index (χ1) is 15.4. The third-order valence-corrected chi connectivity index (χ3v) is 4.96. The Morgan fingerprint density at radius 2 is 1.84 bits per heavy atom. The van der Waals surface area contributed by atoms with Crippen molar-refractivity contribution in [3.05, 3.63) is 77.5 Å². The Bertz CT molecular complexity index is 1120. The number of methoxy groups -OCH3 is 3. The lowest BCUT2D eigenvalue weighted by Gasteiger charge is -2.18. The van der Waals surface area contributed by atoms with Gasteiger partial charge in [0.1, 0.15) is 12.4 Å². The molecule has 32 heavy (non-hydrogen) atoms. The van der Waals surface area contributed by atoms with Gasteiger partial charge in [-0.3, -0.25) is 9.69 Å². The summed E-state index contributed by atoms with van der Waals surface area (Å²) in [4.78, 5) is 27.5. The highest BCUT2D eigenvalue weighted by molar-refractivity contribution is 6.23. The van der Waals surface area contributed by atoms with Crippen LogP contribution in [0, 0.1) is 0 Å². The van der Waals surface area contributed by atoms with Gasteiger partial charge < -0.3 is 18.9 Å². The molecule has 0 atom stereocenters. The van der Waals surface area contributed by atoms with Gasteiger partial charge in [0, 0.05) is 11.8 Å². The van der Waals surface area contributed by atoms with Crippen LogP contribution in [0.3, 0.4) is 0 Å². The van der Waals surface area contributed by atoms with Crippen LogP contribution in [-0.2, 0) is 14.3 Å². The first-order valence-corrected chi connectivity index (χ1v) is 9.86. The van der Waals surface area contributed by atoms with E-state index >= 15 is 0 Å². The molecule has 0 aromatic heterocycles. The van der Waals surface area contributed by atoms with Gasteiger partial charge in [-0.1, -0.05) is 24.8 Å². The summed E-state index contributed by atoms with van der Waals surface area (Å²) in [5, 5.41) is 0. The monoisotopic (exact) mass is 435 g/mol. The van der Waals surface area contributed by atoms with Gasteiger partial charge in [-0.15, -0.1) is 0 Å². The van der Waals surface area contributed by atoms with Crippen LogP contribution in [0.25, 0.3) is 6.08 Å². The Morgan fingerprint density at radius 1 is 1.06 bits per heavy atom. The normalized spacial score (nSPS) is 14.6. The first kappa shape index (κ1) is 22.7. The van der Waals surface area contributed by atoms with Crippen LogP contribution in [0.2, 0.25) is 0 Å². The molecule has 0 bridgehead atoms. The van der Waals surface area contributed by atoms with Crippen molar-refractivity contribution in [2.75, 3.05) is 32.8 Å². The molecule has 166 valence electrons. The fraction of sp³-hybridized carbons (Fsp3) is 0.200. The molecule has 1 aliphatic heterocycles. The van der Waals surface area contributed by atoms with E-state index in [0.717, 1.165) is 0 Å². The largest absolute Gasteiger partial charge is 0.497 e. The third-order valence-electron chi connectivity index (χ3n) is 4.96. The van der Waals surface area contributed by atoms with Crippen molar-refractivity contribution in [3.63, 3.8) is 0 Å². The number of amides is 1. The van der Waals surface area contributed by atoms with Gasteiger partial charge in [0.2, 0.25) is 0 Å². The maximum atomic E-state index is 13.4. The van der Waals surface area contributed by atoms with E-state index in [9.17, 15) is 9.59 Å². The standard InChI is InChI=1S/C25H25NO6/c1-6-12-32-21-11-10-17(14-22(21)30-4)13-20-23(25(28)31-5)16(2)26(24(20)27)18-8-7-9-19(15-18)29-3/h6-11,13-15H,1,12H2,2-5H3/b20-13-. The molecule has 1 amide bonds. The molecule has 0 saturated carbocycles. The highest BCUT2D eigenvalue weighted by Gasteiger charge is 2.38. The molecule has 0 fully saturated rings. The number of allylic oxidation sites excluding steroid dienone is 1. The van der Waals surface area contributed by atoms with Gasteiger partial charge in [-0.05, 0) is 42.8 Å². The second-order valence-corrected chi connectivity index (χ2v) is 6.86. The summed E-state index contributed by atoms with van der Waals surface area (Å²) >= 11 is 0. The van der Waals surface area contributed by atoms with Crippen molar-refractivity contribution in [1.82, 2.24) is 0 Å². The van der Waals surface area contributed by atoms with E-state index in [1.54, 1.807) is 68.7 Å². The smallest absolute Gasteiger partial charge is 0.340 e. The van der Waals surface area contributed by atoms with E-state index in [2.05, 4.69) is 6.58 Å². The molecule has 3 rings (SSSR count). The Hall–Kier alpha value is -4.00. The number of anilines is 1. The Labute approximate surface area is 187 Å². The number of carbonyl (C=O) groups is 2. The number of hydrogen-bond donors (Lipinski definition) is 0. The lowest BCUT2D eigenvalue weighted by molar-refractivity contribution is -0.136. The summed E-state index contributed by atoms with van der Waals surface area (Å²) in [6, 6.07) is 12.3. The van der Waals surface area contributed by atoms with Crippen molar-refractivity contribution < 1.29 is 28.5 Å². The number of ether oxygens (including phenoxy) is 4. The maximum absolute atomic E-state index is 13.4. The van der Waals surface area contributed by atoms with Crippen molar-refractivity contribution in [2.24, 2.45) is 0 Å². The van der Waals surface area contributed by atoms with Crippen LogP contribution in [0.5, 0.6) is 17.2 Å². The predicted octanol–water partition coefficient (Wildman–Crippen LogP) is 4.15. The van der Waals surface area contributed by atoms with Gasteiger partial charge >= 0.3 is 5.97 Å². The summed E-state index contributed by atoms with van der Waals surface area (Å²) in [7, 11) is 4.37. The molecule has 2 aromatic carbocycles. The molecule has 0 radical (unpaired) electrons. The number of hydrogen-bond acceptors (Lipinski definition) is 6. The Balaban J connectivity index is 2.08. The summed E-state index contributed by atoms with van der Waals surface area (Å²) in [6.45, 7) is 5.67. The number of benzene rings is 2. The minimum absolute atomic E-state index is 0.200. The molecule has 0 aliphatic carbocycles. The maximum Gasteiger partial charge on any atom is 0.340 e. The van der Waals surface area contributed by atoms with E-state index in [0.29, 0.717) is 40.8 Å². The summed E-state index contributed by atoms with van der Waals surface area (Å²) in [5.74, 6) is 0.703. The van der Waals surface area contributed by atoms with E-state index in [-0.39, 0.29) is 17.1 Å². The topological polar surface area (TPSA) is 74.3 Å². The van der Waals surface area contributed by atoms with Crippen molar-refractivity contribution >= 4 is 23.6 Å². The molecule has 1 aliphatic rings. The zero-order valence-corrected chi connectivity index (χ0v) is 18.5. The second-order valence-electron chi connectivity index (χ2n) is 6.86. The molecule has 0 unspecified atom stereocenters. The van der Waals surface area contributed by atoms with Gasteiger partial charge in [0.05, 0.1) is 38.2 Å². The van der Waals surface area contributed by atoms with Gasteiger partial charge in [-0.2, -0.15) is 0 Å². The number of nitrogens with zero attached hydrogens (tertiary/aromatic N) is 1. The van der Waals surface area contributed by atoms with Crippen LogP contribution in [0.4, 0.5) is 5.69 Å². The van der Waals surface area contributed by atoms with Crippen LogP contribution < -0.4 is 19.1 Å². The summed E-state index contributed by atoms with van der Waals surface area (Å²) < 4.78 is 21.2. The highest BCUT2D eigenvalue weighted by Crippen LogP contribution is 2.37. The minimum atomic E-state index is -0.592. The Morgan fingerprint density at radius 3 is 2.50 bits per heavy atom. The molecule has 0 N–H and O–H groups in total. The van der Waals surface area contributed by atoms with Crippen molar-refractivity contribution in [2.45, 2.75) is 6.92 Å². The molecular formula is C25H25NO6. The van der Waals surface area contributed by atoms with Crippen molar-refractivity contribution in [1.29, 1.82) is 0 Å². The van der Waals surface area contributed by atoms with Gasteiger partial charge in [0.25, 0.3) is 5.91 Å². The summed E-state index contributed by atoms with van der Waals surface area (Å²) in [5.41, 5.74) is 2.14. The van der Waals surface area contributed by atoms with Gasteiger partial charge in [-0.25, -0.2) is 4.79 Å². The third kappa shape index (κ3) is 4.37. The lowest BCUT2D eigenvalue weighted by Crippen LogP contribution is -2.24. The van der Waals surface area contributed by atoms with Crippen LogP contribution >= 0.6 is 0 Å². The molecule has 0 saturated heterocycles. The second kappa shape index (κ2) is 9.87. The van der Waals surface area contributed by atoms with Crippen LogP contribution in [0.15, 0.2) is 72.0 Å². The Kier molecular flexibility index (Phi) is 7.00. The minimum Gasteiger partial charge on any atom is -0.497 e. The van der Waals surface area contributed by atoms with Crippen LogP contribution in [-0.4, -0.2) is 39.8 Å². The van der Waals surface area contributed by atoms with E-state index in [1.165, 1.54) is 19.1 Å². The number of rotatable bonds is 8. The average Bonchev–Trinajstić information content (AvgIpc) is 3.06. The number of esters is 1. The highest BCUT2D eigenvalue weighted by atomic mass is 16.5. The molecule has 7 heteroatoms. The van der Waals surface area contributed by atoms with Gasteiger partial charge in [0.15, 0.2) is 11.5 Å². The fourth-order valence-electron chi connectivity index (χ4n) is 3.45. The molecule has 2 aromatic rings. The zero-order chi connectivity index (χ0) is 23.3. The summed E-state index contributed by atoms with van der Waals surface area (Å²) in [6.07, 6.45) is 3.27. The van der Waals surface area contributed by atoms with E-state index in [1.807, 2.05) is 0 Å². The molecule has 1 heterocycles. The van der Waals surface area contributed by atoms with Crippen molar-refractivity contribution in [3.8, 4) is 17.2 Å². The fourth-order valence-corrected chi connectivity index (χ4v) is 3.45. The molecule has 7 nitrogen and oxygen atoms in total. The molecular weight excluding hydrogens is 410 g/mol. The van der Waals surface area contributed by atoms with Crippen LogP contribution in [0.1, 0.15) is 12.5 Å². The van der Waals surface area contributed by atoms with E-state index < -0.39 is 5.97 Å². The zero-order valence-electron chi connectivity index (χ0n) is 18.5. The quantitative estimate of drug-likeness (QED) is 0.352. The average molecular weight is 435 g/mol. The predicted molar refractivity (Wildman–Crippen MR) is 122 cm³/mol. The SMILES string of the molecule is C=CCOc1ccc(/C=C2\C(=O)N(c3cccc(OC)c3)C(C)=C2C(=O)OC)cc1OC.